The largest absolute Gasteiger partial charge is 0.394 e. The van der Waals surface area contributed by atoms with Gasteiger partial charge in [0.15, 0.2) is 5.82 Å². The van der Waals surface area contributed by atoms with Crippen molar-refractivity contribution in [1.29, 1.82) is 0 Å². The lowest BCUT2D eigenvalue weighted by atomic mass is 9.83. The number of aromatic nitrogens is 2. The standard InChI is InChI=1S/C11H19N3O2/c1-2-11(5-3-4-6-11)10-13-9(14-16-10)8(12)7-15/h8,15H,2-7,12H2,1H3. The predicted octanol–water partition coefficient (Wildman–Crippen LogP) is 1.28. The van der Waals surface area contributed by atoms with Crippen LogP contribution in [0.1, 0.15) is 56.8 Å². The maximum Gasteiger partial charge on any atom is 0.232 e. The number of hydrogen-bond acceptors (Lipinski definition) is 5. The zero-order valence-electron chi connectivity index (χ0n) is 9.65. The molecule has 1 aliphatic carbocycles. The second-order valence-electron chi connectivity index (χ2n) is 4.59. The fourth-order valence-electron chi connectivity index (χ4n) is 2.45. The Bertz CT molecular complexity index is 345. The van der Waals surface area contributed by atoms with Gasteiger partial charge in [0.1, 0.15) is 0 Å². The summed E-state index contributed by atoms with van der Waals surface area (Å²) in [6.07, 6.45) is 5.68. The molecule has 0 bridgehead atoms. The van der Waals surface area contributed by atoms with Crippen LogP contribution >= 0.6 is 0 Å². The van der Waals surface area contributed by atoms with Gasteiger partial charge in [0, 0.05) is 5.41 Å². The summed E-state index contributed by atoms with van der Waals surface area (Å²) in [6, 6.07) is -0.534. The van der Waals surface area contributed by atoms with Crippen LogP contribution in [0.3, 0.4) is 0 Å². The first-order valence-corrected chi connectivity index (χ1v) is 5.92. The molecule has 5 nitrogen and oxygen atoms in total. The predicted molar refractivity (Wildman–Crippen MR) is 58.7 cm³/mol. The summed E-state index contributed by atoms with van der Waals surface area (Å²) < 4.78 is 5.31. The van der Waals surface area contributed by atoms with Gasteiger partial charge in [-0.25, -0.2) is 0 Å². The summed E-state index contributed by atoms with van der Waals surface area (Å²) in [5.41, 5.74) is 5.71. The lowest BCUT2D eigenvalue weighted by Gasteiger charge is -2.21. The van der Waals surface area contributed by atoms with Crippen molar-refractivity contribution in [2.45, 2.75) is 50.5 Å². The van der Waals surface area contributed by atoms with Crippen LogP contribution in [0, 0.1) is 0 Å². The van der Waals surface area contributed by atoms with Gasteiger partial charge >= 0.3 is 0 Å². The van der Waals surface area contributed by atoms with Crippen molar-refractivity contribution in [1.82, 2.24) is 10.1 Å². The van der Waals surface area contributed by atoms with Gasteiger partial charge in [-0.2, -0.15) is 4.98 Å². The molecule has 16 heavy (non-hydrogen) atoms. The highest BCUT2D eigenvalue weighted by Crippen LogP contribution is 2.42. The first-order chi connectivity index (χ1) is 7.72. The van der Waals surface area contributed by atoms with Crippen LogP contribution in [0.4, 0.5) is 0 Å². The zero-order valence-corrected chi connectivity index (χ0v) is 9.65. The summed E-state index contributed by atoms with van der Waals surface area (Å²) in [4.78, 5) is 4.34. The van der Waals surface area contributed by atoms with Crippen molar-refractivity contribution in [3.05, 3.63) is 11.7 Å². The van der Waals surface area contributed by atoms with Crippen molar-refractivity contribution in [2.75, 3.05) is 6.61 Å². The van der Waals surface area contributed by atoms with E-state index in [1.807, 2.05) is 0 Å². The minimum absolute atomic E-state index is 0.0560. The molecule has 0 spiro atoms. The van der Waals surface area contributed by atoms with E-state index in [1.165, 1.54) is 12.8 Å². The molecule has 3 N–H and O–H groups in total. The number of hydrogen-bond donors (Lipinski definition) is 2. The smallest absolute Gasteiger partial charge is 0.232 e. The van der Waals surface area contributed by atoms with Crippen molar-refractivity contribution in [2.24, 2.45) is 5.73 Å². The van der Waals surface area contributed by atoms with Crippen LogP contribution in [-0.4, -0.2) is 21.9 Å². The van der Waals surface area contributed by atoms with Crippen molar-refractivity contribution >= 4 is 0 Å². The van der Waals surface area contributed by atoms with Crippen LogP contribution in [0.2, 0.25) is 0 Å². The molecule has 1 aromatic rings. The molecule has 1 aliphatic rings. The summed E-state index contributed by atoms with van der Waals surface area (Å²) in [7, 11) is 0. The van der Waals surface area contributed by atoms with Gasteiger partial charge in [0.25, 0.3) is 0 Å². The van der Waals surface area contributed by atoms with Crippen molar-refractivity contribution in [3.63, 3.8) is 0 Å². The zero-order chi connectivity index (χ0) is 11.6. The van der Waals surface area contributed by atoms with Gasteiger partial charge in [0.2, 0.25) is 5.89 Å². The molecule has 0 aliphatic heterocycles. The molecule has 1 saturated carbocycles. The first kappa shape index (κ1) is 11.5. The monoisotopic (exact) mass is 225 g/mol. The third-order valence-corrected chi connectivity index (χ3v) is 3.66. The lowest BCUT2D eigenvalue weighted by Crippen LogP contribution is -2.22. The Kier molecular flexibility index (Phi) is 3.25. The Balaban J connectivity index is 2.23. The Hall–Kier alpha value is -0.940. The van der Waals surface area contributed by atoms with Gasteiger partial charge in [-0.15, -0.1) is 0 Å². The Morgan fingerprint density at radius 2 is 2.19 bits per heavy atom. The second kappa shape index (κ2) is 4.51. The molecule has 1 aromatic heterocycles. The number of aliphatic hydroxyl groups is 1. The van der Waals surface area contributed by atoms with E-state index in [2.05, 4.69) is 17.1 Å². The highest BCUT2D eigenvalue weighted by Gasteiger charge is 2.39. The van der Waals surface area contributed by atoms with E-state index in [9.17, 15) is 0 Å². The van der Waals surface area contributed by atoms with Gasteiger partial charge in [-0.05, 0) is 19.3 Å². The van der Waals surface area contributed by atoms with Crippen LogP contribution < -0.4 is 5.73 Å². The van der Waals surface area contributed by atoms with Crippen molar-refractivity contribution in [3.8, 4) is 0 Å². The molecule has 1 heterocycles. The second-order valence-corrected chi connectivity index (χ2v) is 4.59. The molecule has 0 aromatic carbocycles. The van der Waals surface area contributed by atoms with Crippen LogP contribution in [0.15, 0.2) is 4.52 Å². The third kappa shape index (κ3) is 1.85. The minimum atomic E-state index is -0.534. The molecule has 1 unspecified atom stereocenters. The fraction of sp³-hybridized carbons (Fsp3) is 0.818. The molecular weight excluding hydrogens is 206 g/mol. The summed E-state index contributed by atoms with van der Waals surface area (Å²) >= 11 is 0. The first-order valence-electron chi connectivity index (χ1n) is 5.92. The van der Waals surface area contributed by atoms with Crippen LogP contribution in [-0.2, 0) is 5.41 Å². The highest BCUT2D eigenvalue weighted by atomic mass is 16.5. The van der Waals surface area contributed by atoms with Gasteiger partial charge in [0.05, 0.1) is 12.6 Å². The summed E-state index contributed by atoms with van der Waals surface area (Å²) in [5, 5.41) is 12.8. The Morgan fingerprint density at radius 3 is 2.75 bits per heavy atom. The van der Waals surface area contributed by atoms with Gasteiger partial charge in [-0.1, -0.05) is 24.9 Å². The molecule has 2 rings (SSSR count). The van der Waals surface area contributed by atoms with E-state index in [0.29, 0.717) is 11.7 Å². The Labute approximate surface area is 95.0 Å². The molecule has 1 atom stereocenters. The van der Waals surface area contributed by atoms with Gasteiger partial charge in [-0.3, -0.25) is 0 Å². The summed E-state index contributed by atoms with van der Waals surface area (Å²) in [6.45, 7) is 2.00. The van der Waals surface area contributed by atoms with Crippen molar-refractivity contribution < 1.29 is 9.63 Å². The molecule has 0 saturated heterocycles. The maximum atomic E-state index is 8.94. The van der Waals surface area contributed by atoms with E-state index in [0.717, 1.165) is 19.3 Å². The quantitative estimate of drug-likeness (QED) is 0.806. The number of aliphatic hydroxyl groups excluding tert-OH is 1. The highest BCUT2D eigenvalue weighted by molar-refractivity contribution is 5.08. The van der Waals surface area contributed by atoms with Crippen LogP contribution in [0.5, 0.6) is 0 Å². The van der Waals surface area contributed by atoms with E-state index in [4.69, 9.17) is 15.4 Å². The fourth-order valence-corrected chi connectivity index (χ4v) is 2.45. The van der Waals surface area contributed by atoms with Crippen LogP contribution in [0.25, 0.3) is 0 Å². The average Bonchev–Trinajstić information content (AvgIpc) is 2.96. The van der Waals surface area contributed by atoms with E-state index >= 15 is 0 Å². The van der Waals surface area contributed by atoms with E-state index in [-0.39, 0.29) is 12.0 Å². The molecule has 1 fully saturated rings. The normalized spacial score (nSPS) is 21.2. The Morgan fingerprint density at radius 1 is 1.50 bits per heavy atom. The molecule has 90 valence electrons. The molecule has 5 heteroatoms. The molecule has 0 radical (unpaired) electrons. The molecular formula is C11H19N3O2. The van der Waals surface area contributed by atoms with Gasteiger partial charge < -0.3 is 15.4 Å². The lowest BCUT2D eigenvalue weighted by molar-refractivity contribution is 0.254. The van der Waals surface area contributed by atoms with E-state index in [1.54, 1.807) is 0 Å². The number of nitrogens with zero attached hydrogens (tertiary/aromatic N) is 2. The SMILES string of the molecule is CCC1(c2nc(C(N)CO)no2)CCCC1. The average molecular weight is 225 g/mol. The number of nitrogens with two attached hydrogens (primary N) is 1. The third-order valence-electron chi connectivity index (χ3n) is 3.66. The minimum Gasteiger partial charge on any atom is -0.394 e. The topological polar surface area (TPSA) is 85.2 Å². The summed E-state index contributed by atoms with van der Waals surface area (Å²) in [5.74, 6) is 1.11. The van der Waals surface area contributed by atoms with E-state index < -0.39 is 6.04 Å². The maximum absolute atomic E-state index is 8.94. The molecule has 0 amide bonds. The number of rotatable bonds is 4.